The minimum atomic E-state index is 0.326. The molecule has 6 heteroatoms. The molecule has 0 spiro atoms. The third kappa shape index (κ3) is 3.53. The van der Waals surface area contributed by atoms with Gasteiger partial charge in [-0.3, -0.25) is 4.79 Å². The van der Waals surface area contributed by atoms with Crippen LogP contribution in [0.1, 0.15) is 0 Å². The molecule has 1 N–H and O–H groups in total. The second-order valence-electron chi connectivity index (χ2n) is 3.59. The van der Waals surface area contributed by atoms with Gasteiger partial charge in [0, 0.05) is 10.7 Å². The van der Waals surface area contributed by atoms with E-state index in [1.54, 1.807) is 36.4 Å². The number of ether oxygens (including phenoxy) is 1. The van der Waals surface area contributed by atoms with E-state index < -0.39 is 0 Å². The number of amides is 1. The summed E-state index contributed by atoms with van der Waals surface area (Å²) in [5.41, 5.74) is 0.663. The Morgan fingerprint density at radius 1 is 1.00 bits per heavy atom. The van der Waals surface area contributed by atoms with Gasteiger partial charge in [0.25, 0.3) is 0 Å². The average Bonchev–Trinajstić information content (AvgIpc) is 2.36. The second-order valence-corrected chi connectivity index (χ2v) is 4.84. The molecule has 98 valence electrons. The highest BCUT2D eigenvalue weighted by Gasteiger charge is 2.10. The van der Waals surface area contributed by atoms with Crippen LogP contribution in [0, 0.1) is 0 Å². The van der Waals surface area contributed by atoms with Gasteiger partial charge in [0.1, 0.15) is 5.75 Å². The van der Waals surface area contributed by atoms with Crippen LogP contribution < -0.4 is 10.1 Å². The molecule has 0 saturated heterocycles. The average molecular weight is 317 g/mol. The molecule has 2 aromatic rings. The van der Waals surface area contributed by atoms with Crippen molar-refractivity contribution in [2.24, 2.45) is 0 Å². The van der Waals surface area contributed by atoms with Crippen molar-refractivity contribution in [3.05, 3.63) is 51.5 Å². The number of carbonyl (C=O) groups excluding carboxylic acids is 1. The van der Waals surface area contributed by atoms with Gasteiger partial charge in [-0.15, -0.1) is 0 Å². The molecule has 0 aliphatic rings. The summed E-state index contributed by atoms with van der Waals surface area (Å²) in [5.74, 6) is 0.881. The third-order valence-electron chi connectivity index (χ3n) is 2.26. The van der Waals surface area contributed by atoms with E-state index in [-0.39, 0.29) is 0 Å². The molecule has 0 aromatic heterocycles. The van der Waals surface area contributed by atoms with Crippen LogP contribution >= 0.6 is 34.8 Å². The van der Waals surface area contributed by atoms with Gasteiger partial charge in [-0.05, 0) is 36.4 Å². The van der Waals surface area contributed by atoms with Gasteiger partial charge in [0.2, 0.25) is 6.41 Å². The molecule has 2 aromatic carbocycles. The summed E-state index contributed by atoms with van der Waals surface area (Å²) < 4.78 is 5.59. The molecule has 0 fully saturated rings. The van der Waals surface area contributed by atoms with Gasteiger partial charge >= 0.3 is 0 Å². The predicted molar refractivity (Wildman–Crippen MR) is 77.7 cm³/mol. The summed E-state index contributed by atoms with van der Waals surface area (Å²) in [5, 5.41) is 3.61. The lowest BCUT2D eigenvalue weighted by molar-refractivity contribution is -0.105. The highest BCUT2D eigenvalue weighted by Crippen LogP contribution is 2.38. The van der Waals surface area contributed by atoms with Crippen LogP contribution in [0.2, 0.25) is 15.1 Å². The van der Waals surface area contributed by atoms with Gasteiger partial charge in [-0.2, -0.15) is 0 Å². The summed E-state index contributed by atoms with van der Waals surface area (Å²) in [6.45, 7) is 0. The van der Waals surface area contributed by atoms with Crippen molar-refractivity contribution in [2.75, 3.05) is 5.32 Å². The van der Waals surface area contributed by atoms with Crippen LogP contribution in [0.5, 0.6) is 11.5 Å². The standard InChI is InChI=1S/C13H8Cl3NO2/c14-8-5-11(15)13(12(16)6-8)19-10-3-1-9(2-4-10)17-7-18/h1-7H,(H,17,18). The zero-order chi connectivity index (χ0) is 13.8. The van der Waals surface area contributed by atoms with Gasteiger partial charge in [0.05, 0.1) is 10.0 Å². The molecule has 3 nitrogen and oxygen atoms in total. The first kappa shape index (κ1) is 14.0. The lowest BCUT2D eigenvalue weighted by atomic mass is 10.3. The Hall–Kier alpha value is -1.42. The van der Waals surface area contributed by atoms with Crippen LogP contribution in [0.3, 0.4) is 0 Å². The van der Waals surface area contributed by atoms with E-state index in [1.165, 1.54) is 0 Å². The van der Waals surface area contributed by atoms with Crippen LogP contribution in [-0.2, 0) is 4.79 Å². The van der Waals surface area contributed by atoms with Crippen molar-refractivity contribution in [3.63, 3.8) is 0 Å². The van der Waals surface area contributed by atoms with Crippen LogP contribution in [0.4, 0.5) is 5.69 Å². The maximum Gasteiger partial charge on any atom is 0.211 e. The summed E-state index contributed by atoms with van der Waals surface area (Å²) in [6, 6.07) is 9.86. The Balaban J connectivity index is 2.23. The highest BCUT2D eigenvalue weighted by molar-refractivity contribution is 6.40. The minimum Gasteiger partial charge on any atom is -0.454 e. The molecule has 0 aliphatic carbocycles. The van der Waals surface area contributed by atoms with Gasteiger partial charge in [-0.1, -0.05) is 34.8 Å². The van der Waals surface area contributed by atoms with E-state index in [0.717, 1.165) is 0 Å². The van der Waals surface area contributed by atoms with Crippen molar-refractivity contribution < 1.29 is 9.53 Å². The van der Waals surface area contributed by atoms with Crippen LogP contribution in [-0.4, -0.2) is 6.41 Å². The molecule has 0 bridgehead atoms. The van der Waals surface area contributed by atoms with E-state index >= 15 is 0 Å². The Labute approximate surface area is 125 Å². The van der Waals surface area contributed by atoms with Crippen LogP contribution in [0.25, 0.3) is 0 Å². The summed E-state index contributed by atoms with van der Waals surface area (Å²) >= 11 is 17.8. The third-order valence-corrected chi connectivity index (χ3v) is 3.04. The smallest absolute Gasteiger partial charge is 0.211 e. The molecular formula is C13H8Cl3NO2. The number of anilines is 1. The SMILES string of the molecule is O=CNc1ccc(Oc2c(Cl)cc(Cl)cc2Cl)cc1. The van der Waals surface area contributed by atoms with E-state index in [2.05, 4.69) is 5.32 Å². The molecule has 0 unspecified atom stereocenters. The van der Waals surface area contributed by atoms with Crippen LogP contribution in [0.15, 0.2) is 36.4 Å². The molecule has 0 atom stereocenters. The molecule has 19 heavy (non-hydrogen) atoms. The fourth-order valence-corrected chi connectivity index (χ4v) is 2.33. The first-order chi connectivity index (χ1) is 9.10. The minimum absolute atomic E-state index is 0.326. The molecule has 2 rings (SSSR count). The monoisotopic (exact) mass is 315 g/mol. The lowest BCUT2D eigenvalue weighted by Gasteiger charge is -2.10. The lowest BCUT2D eigenvalue weighted by Crippen LogP contribution is -1.93. The number of hydrogen-bond acceptors (Lipinski definition) is 2. The first-order valence-electron chi connectivity index (χ1n) is 5.23. The number of carbonyl (C=O) groups is 1. The number of rotatable bonds is 4. The number of hydrogen-bond donors (Lipinski definition) is 1. The Morgan fingerprint density at radius 3 is 2.11 bits per heavy atom. The number of benzene rings is 2. The van der Waals surface area contributed by atoms with Gasteiger partial charge < -0.3 is 10.1 Å². The maximum absolute atomic E-state index is 10.3. The number of halogens is 3. The van der Waals surface area contributed by atoms with Crippen molar-refractivity contribution in [1.82, 2.24) is 0 Å². The largest absolute Gasteiger partial charge is 0.454 e. The predicted octanol–water partition coefficient (Wildman–Crippen LogP) is 5.01. The Bertz CT molecular complexity index is 576. The molecular weight excluding hydrogens is 309 g/mol. The van der Waals surface area contributed by atoms with E-state index in [1.807, 2.05) is 0 Å². The van der Waals surface area contributed by atoms with E-state index in [4.69, 9.17) is 39.5 Å². The molecule has 0 radical (unpaired) electrons. The summed E-state index contributed by atoms with van der Waals surface area (Å²) in [7, 11) is 0. The maximum atomic E-state index is 10.3. The van der Waals surface area contributed by atoms with E-state index in [0.29, 0.717) is 38.7 Å². The molecule has 0 saturated carbocycles. The van der Waals surface area contributed by atoms with E-state index in [9.17, 15) is 4.79 Å². The van der Waals surface area contributed by atoms with Gasteiger partial charge in [-0.25, -0.2) is 0 Å². The summed E-state index contributed by atoms with van der Waals surface area (Å²) in [4.78, 5) is 10.3. The molecule has 1 amide bonds. The van der Waals surface area contributed by atoms with Gasteiger partial charge in [0.15, 0.2) is 5.75 Å². The highest BCUT2D eigenvalue weighted by atomic mass is 35.5. The zero-order valence-electron chi connectivity index (χ0n) is 9.49. The summed E-state index contributed by atoms with van der Waals surface area (Å²) in [6.07, 6.45) is 0.600. The number of nitrogens with one attached hydrogen (secondary N) is 1. The van der Waals surface area contributed by atoms with Crippen molar-refractivity contribution in [3.8, 4) is 11.5 Å². The Kier molecular flexibility index (Phi) is 4.53. The quantitative estimate of drug-likeness (QED) is 0.805. The van der Waals surface area contributed by atoms with Crippen molar-refractivity contribution in [1.29, 1.82) is 0 Å². The van der Waals surface area contributed by atoms with Crippen molar-refractivity contribution >= 4 is 46.9 Å². The van der Waals surface area contributed by atoms with Crippen molar-refractivity contribution in [2.45, 2.75) is 0 Å². The fraction of sp³-hybridized carbons (Fsp3) is 0. The Morgan fingerprint density at radius 2 is 1.58 bits per heavy atom. The second kappa shape index (κ2) is 6.15. The first-order valence-corrected chi connectivity index (χ1v) is 6.36. The molecule has 0 aliphatic heterocycles. The molecule has 0 heterocycles. The zero-order valence-corrected chi connectivity index (χ0v) is 11.8. The fourth-order valence-electron chi connectivity index (χ4n) is 1.43. The topological polar surface area (TPSA) is 38.3 Å². The normalized spacial score (nSPS) is 10.1.